The molecule has 0 aliphatic carbocycles. The molecule has 72 valence electrons. The summed E-state index contributed by atoms with van der Waals surface area (Å²) in [4.78, 5) is 10.9. The van der Waals surface area contributed by atoms with Crippen molar-refractivity contribution in [1.82, 2.24) is 4.57 Å². The monoisotopic (exact) mass is 209 g/mol. The SMILES string of the molecule is Cn1ccc2cc(Cl)cc(C(=O)O)c21. The van der Waals surface area contributed by atoms with E-state index in [-0.39, 0.29) is 5.56 Å². The third-order valence-corrected chi connectivity index (χ3v) is 2.38. The summed E-state index contributed by atoms with van der Waals surface area (Å²) in [5.74, 6) is -0.959. The second kappa shape index (κ2) is 3.03. The number of carboxylic acids is 1. The van der Waals surface area contributed by atoms with Crippen LogP contribution >= 0.6 is 11.6 Å². The van der Waals surface area contributed by atoms with Crippen LogP contribution < -0.4 is 0 Å². The molecule has 1 N–H and O–H groups in total. The van der Waals surface area contributed by atoms with E-state index in [2.05, 4.69) is 0 Å². The summed E-state index contributed by atoms with van der Waals surface area (Å²) in [6.45, 7) is 0. The Morgan fingerprint density at radius 2 is 2.21 bits per heavy atom. The molecule has 0 amide bonds. The maximum atomic E-state index is 10.9. The first-order valence-corrected chi connectivity index (χ1v) is 4.45. The number of aromatic carboxylic acids is 1. The molecule has 0 fully saturated rings. The van der Waals surface area contributed by atoms with Gasteiger partial charge in [-0.1, -0.05) is 11.6 Å². The van der Waals surface area contributed by atoms with Gasteiger partial charge in [-0.25, -0.2) is 4.79 Å². The van der Waals surface area contributed by atoms with Gasteiger partial charge in [0, 0.05) is 23.7 Å². The minimum absolute atomic E-state index is 0.236. The van der Waals surface area contributed by atoms with Crippen molar-refractivity contribution in [2.75, 3.05) is 0 Å². The highest BCUT2D eigenvalue weighted by Gasteiger charge is 2.12. The van der Waals surface area contributed by atoms with Gasteiger partial charge in [0.25, 0.3) is 0 Å². The van der Waals surface area contributed by atoms with Crippen molar-refractivity contribution in [3.05, 3.63) is 35.0 Å². The van der Waals surface area contributed by atoms with Crippen molar-refractivity contribution in [2.45, 2.75) is 0 Å². The lowest BCUT2D eigenvalue weighted by Crippen LogP contribution is -2.00. The van der Waals surface area contributed by atoms with Crippen molar-refractivity contribution in [1.29, 1.82) is 0 Å². The summed E-state index contributed by atoms with van der Waals surface area (Å²) in [6.07, 6.45) is 1.81. The van der Waals surface area contributed by atoms with Gasteiger partial charge in [0.2, 0.25) is 0 Å². The van der Waals surface area contributed by atoms with Crippen LogP contribution in [0.2, 0.25) is 5.02 Å². The molecule has 0 unspecified atom stereocenters. The van der Waals surface area contributed by atoms with E-state index < -0.39 is 5.97 Å². The fourth-order valence-electron chi connectivity index (χ4n) is 1.57. The second-order valence-electron chi connectivity index (χ2n) is 3.12. The number of carbonyl (C=O) groups is 1. The third kappa shape index (κ3) is 1.26. The first-order valence-electron chi connectivity index (χ1n) is 4.07. The number of hydrogen-bond donors (Lipinski definition) is 1. The van der Waals surface area contributed by atoms with Gasteiger partial charge in [-0.15, -0.1) is 0 Å². The molecule has 0 aliphatic heterocycles. The summed E-state index contributed by atoms with van der Waals surface area (Å²) >= 11 is 5.80. The van der Waals surface area contributed by atoms with E-state index in [1.165, 1.54) is 6.07 Å². The molecule has 1 aromatic heterocycles. The van der Waals surface area contributed by atoms with E-state index in [0.29, 0.717) is 10.5 Å². The van der Waals surface area contributed by atoms with E-state index in [9.17, 15) is 4.79 Å². The quantitative estimate of drug-likeness (QED) is 0.784. The van der Waals surface area contributed by atoms with Gasteiger partial charge >= 0.3 is 5.97 Å². The largest absolute Gasteiger partial charge is 0.478 e. The van der Waals surface area contributed by atoms with Crippen LogP contribution in [0.5, 0.6) is 0 Å². The van der Waals surface area contributed by atoms with Crippen molar-refractivity contribution in [3.8, 4) is 0 Å². The Kier molecular flexibility index (Phi) is 1.97. The number of fused-ring (bicyclic) bond motifs is 1. The fourth-order valence-corrected chi connectivity index (χ4v) is 1.80. The molecule has 0 atom stereocenters. The first kappa shape index (κ1) is 9.09. The minimum atomic E-state index is -0.959. The molecule has 0 saturated heterocycles. The summed E-state index contributed by atoms with van der Waals surface area (Å²) in [5, 5.41) is 10.3. The van der Waals surface area contributed by atoms with E-state index in [1.807, 2.05) is 19.3 Å². The molecule has 1 heterocycles. The number of carboxylic acid groups (broad SMARTS) is 1. The van der Waals surface area contributed by atoms with Gasteiger partial charge in [-0.3, -0.25) is 0 Å². The molecule has 4 heteroatoms. The zero-order chi connectivity index (χ0) is 10.3. The number of aryl methyl sites for hydroxylation is 1. The van der Waals surface area contributed by atoms with Crippen LogP contribution in [-0.2, 0) is 7.05 Å². The van der Waals surface area contributed by atoms with Crippen LogP contribution in [0.15, 0.2) is 24.4 Å². The molecular weight excluding hydrogens is 202 g/mol. The normalized spacial score (nSPS) is 10.7. The maximum absolute atomic E-state index is 10.9. The fraction of sp³-hybridized carbons (Fsp3) is 0.100. The minimum Gasteiger partial charge on any atom is -0.478 e. The van der Waals surface area contributed by atoms with Crippen molar-refractivity contribution in [2.24, 2.45) is 7.05 Å². The molecule has 3 nitrogen and oxygen atoms in total. The molecule has 0 radical (unpaired) electrons. The Balaban J connectivity index is 2.90. The number of hydrogen-bond acceptors (Lipinski definition) is 1. The Labute approximate surface area is 85.5 Å². The Hall–Kier alpha value is -1.48. The lowest BCUT2D eigenvalue weighted by molar-refractivity contribution is 0.0698. The molecule has 14 heavy (non-hydrogen) atoms. The predicted molar refractivity (Wildman–Crippen MR) is 54.9 cm³/mol. The van der Waals surface area contributed by atoms with Gasteiger partial charge in [-0.2, -0.15) is 0 Å². The highest BCUT2D eigenvalue weighted by Crippen LogP contribution is 2.24. The summed E-state index contributed by atoms with van der Waals surface area (Å²) in [6, 6.07) is 5.06. The van der Waals surface area contributed by atoms with Gasteiger partial charge in [0.1, 0.15) is 0 Å². The van der Waals surface area contributed by atoms with Crippen molar-refractivity contribution in [3.63, 3.8) is 0 Å². The van der Waals surface area contributed by atoms with E-state index in [4.69, 9.17) is 16.7 Å². The van der Waals surface area contributed by atoms with Crippen LogP contribution in [0.1, 0.15) is 10.4 Å². The zero-order valence-electron chi connectivity index (χ0n) is 7.49. The van der Waals surface area contributed by atoms with Crippen molar-refractivity contribution >= 4 is 28.5 Å². The van der Waals surface area contributed by atoms with Crippen LogP contribution in [0.4, 0.5) is 0 Å². The summed E-state index contributed by atoms with van der Waals surface area (Å²) < 4.78 is 1.77. The number of halogens is 1. The molecule has 1 aromatic carbocycles. The van der Waals surface area contributed by atoms with Crippen LogP contribution in [0.3, 0.4) is 0 Å². The lowest BCUT2D eigenvalue weighted by atomic mass is 10.1. The summed E-state index contributed by atoms with van der Waals surface area (Å²) in [7, 11) is 1.81. The topological polar surface area (TPSA) is 42.2 Å². The standard InChI is InChI=1S/C10H8ClNO2/c1-12-3-2-6-4-7(11)5-8(9(6)12)10(13)14/h2-5H,1H3,(H,13,14). The number of rotatable bonds is 1. The van der Waals surface area contributed by atoms with Crippen LogP contribution in [0, 0.1) is 0 Å². The van der Waals surface area contributed by atoms with Gasteiger partial charge in [-0.05, 0) is 18.2 Å². The highest BCUT2D eigenvalue weighted by molar-refractivity contribution is 6.32. The lowest BCUT2D eigenvalue weighted by Gasteiger charge is -2.02. The van der Waals surface area contributed by atoms with Crippen molar-refractivity contribution < 1.29 is 9.90 Å². The molecule has 0 bridgehead atoms. The predicted octanol–water partition coefficient (Wildman–Crippen LogP) is 2.53. The summed E-state index contributed by atoms with van der Waals surface area (Å²) in [5.41, 5.74) is 0.932. The number of aromatic nitrogens is 1. The maximum Gasteiger partial charge on any atom is 0.337 e. The third-order valence-electron chi connectivity index (χ3n) is 2.16. The Morgan fingerprint density at radius 3 is 2.86 bits per heavy atom. The Morgan fingerprint density at radius 1 is 1.50 bits per heavy atom. The molecule has 0 saturated carbocycles. The number of benzene rings is 1. The Bertz CT molecular complexity index is 516. The molecule has 0 aliphatic rings. The molecule has 0 spiro atoms. The van der Waals surface area contributed by atoms with E-state index in [1.54, 1.807) is 10.6 Å². The van der Waals surface area contributed by atoms with Gasteiger partial charge in [0.05, 0.1) is 11.1 Å². The van der Waals surface area contributed by atoms with E-state index >= 15 is 0 Å². The smallest absolute Gasteiger partial charge is 0.337 e. The zero-order valence-corrected chi connectivity index (χ0v) is 8.25. The average Bonchev–Trinajstić information content (AvgIpc) is 2.46. The van der Waals surface area contributed by atoms with Crippen LogP contribution in [-0.4, -0.2) is 15.6 Å². The highest BCUT2D eigenvalue weighted by atomic mass is 35.5. The molecular formula is C10H8ClNO2. The van der Waals surface area contributed by atoms with E-state index in [0.717, 1.165) is 5.39 Å². The second-order valence-corrected chi connectivity index (χ2v) is 3.56. The average molecular weight is 210 g/mol. The molecule has 2 rings (SSSR count). The molecule has 2 aromatic rings. The van der Waals surface area contributed by atoms with Gasteiger partial charge in [0.15, 0.2) is 0 Å². The number of nitrogens with zero attached hydrogens (tertiary/aromatic N) is 1. The first-order chi connectivity index (χ1) is 6.59. The van der Waals surface area contributed by atoms with Gasteiger partial charge < -0.3 is 9.67 Å². The van der Waals surface area contributed by atoms with Crippen LogP contribution in [0.25, 0.3) is 10.9 Å².